The summed E-state index contributed by atoms with van der Waals surface area (Å²) in [7, 11) is 1.73. The summed E-state index contributed by atoms with van der Waals surface area (Å²) in [5, 5.41) is 6.53. The van der Waals surface area contributed by atoms with Crippen LogP contribution >= 0.6 is 0 Å². The van der Waals surface area contributed by atoms with E-state index in [1.54, 1.807) is 13.1 Å². The molecule has 1 heterocycles. The molecule has 0 spiro atoms. The first kappa shape index (κ1) is 19.3. The van der Waals surface area contributed by atoms with E-state index in [0.29, 0.717) is 19.0 Å². The number of guanidine groups is 1. The van der Waals surface area contributed by atoms with Crippen molar-refractivity contribution in [2.45, 2.75) is 19.6 Å². The van der Waals surface area contributed by atoms with Crippen LogP contribution in [-0.2, 0) is 24.4 Å². The predicted molar refractivity (Wildman–Crippen MR) is 106 cm³/mol. The zero-order valence-corrected chi connectivity index (χ0v) is 15.7. The molecule has 1 fully saturated rings. The van der Waals surface area contributed by atoms with Crippen molar-refractivity contribution in [2.24, 2.45) is 4.99 Å². The summed E-state index contributed by atoms with van der Waals surface area (Å²) in [5.74, 6) is 0.465. The SMILES string of the molecule is CN=C(NCc1cccc(F)c1)NCc1cccc(CN2CCOCC2)c1. The molecule has 2 aromatic carbocycles. The zero-order valence-electron chi connectivity index (χ0n) is 15.7. The van der Waals surface area contributed by atoms with Gasteiger partial charge in [-0.25, -0.2) is 4.39 Å². The van der Waals surface area contributed by atoms with Crippen LogP contribution in [0.25, 0.3) is 0 Å². The van der Waals surface area contributed by atoms with Gasteiger partial charge in [0.05, 0.1) is 13.2 Å². The highest BCUT2D eigenvalue weighted by Gasteiger charge is 2.10. The lowest BCUT2D eigenvalue weighted by Gasteiger charge is -2.26. The Hall–Kier alpha value is -2.44. The first-order chi connectivity index (χ1) is 13.2. The standard InChI is InChI=1S/C21H27FN4O/c1-23-21(25-15-18-5-3-7-20(22)13-18)24-14-17-4-2-6-19(12-17)16-26-8-10-27-11-9-26/h2-7,12-13H,8-11,14-16H2,1H3,(H2,23,24,25). The Bertz CT molecular complexity index is 759. The maximum absolute atomic E-state index is 13.3. The van der Waals surface area contributed by atoms with Gasteiger partial charge in [-0.2, -0.15) is 0 Å². The van der Waals surface area contributed by atoms with Gasteiger partial charge in [0.25, 0.3) is 0 Å². The molecular formula is C21H27FN4O. The molecule has 0 amide bonds. The van der Waals surface area contributed by atoms with Crippen molar-refractivity contribution in [1.82, 2.24) is 15.5 Å². The van der Waals surface area contributed by atoms with E-state index in [-0.39, 0.29) is 5.82 Å². The van der Waals surface area contributed by atoms with Gasteiger partial charge in [-0.05, 0) is 28.8 Å². The second kappa shape index (κ2) is 10.0. The molecule has 144 valence electrons. The number of benzene rings is 2. The molecule has 5 nitrogen and oxygen atoms in total. The van der Waals surface area contributed by atoms with Crippen molar-refractivity contribution >= 4 is 5.96 Å². The Kier molecular flexibility index (Phi) is 7.19. The molecule has 0 aliphatic carbocycles. The summed E-state index contributed by atoms with van der Waals surface area (Å²) >= 11 is 0. The third kappa shape index (κ3) is 6.34. The molecule has 1 aliphatic rings. The van der Waals surface area contributed by atoms with Crippen molar-refractivity contribution in [3.05, 3.63) is 71.0 Å². The number of aliphatic imine (C=N–C) groups is 1. The number of hydrogen-bond donors (Lipinski definition) is 2. The molecule has 0 radical (unpaired) electrons. The monoisotopic (exact) mass is 370 g/mol. The number of ether oxygens (including phenoxy) is 1. The van der Waals surface area contributed by atoms with Crippen LogP contribution in [-0.4, -0.2) is 44.2 Å². The normalized spacial score (nSPS) is 15.6. The number of nitrogens with one attached hydrogen (secondary N) is 2. The van der Waals surface area contributed by atoms with Gasteiger partial charge in [0.2, 0.25) is 0 Å². The number of nitrogens with zero attached hydrogens (tertiary/aromatic N) is 2. The minimum atomic E-state index is -0.227. The number of morpholine rings is 1. The fraction of sp³-hybridized carbons (Fsp3) is 0.381. The van der Waals surface area contributed by atoms with Crippen LogP contribution < -0.4 is 10.6 Å². The average Bonchev–Trinajstić information content (AvgIpc) is 2.69. The van der Waals surface area contributed by atoms with Gasteiger partial charge in [-0.3, -0.25) is 9.89 Å². The Morgan fingerprint density at radius 3 is 2.30 bits per heavy atom. The van der Waals surface area contributed by atoms with Gasteiger partial charge in [-0.1, -0.05) is 36.4 Å². The molecule has 1 saturated heterocycles. The number of halogens is 1. The molecule has 27 heavy (non-hydrogen) atoms. The molecule has 0 atom stereocenters. The Morgan fingerprint density at radius 2 is 1.63 bits per heavy atom. The number of rotatable bonds is 6. The third-order valence-corrected chi connectivity index (χ3v) is 4.53. The van der Waals surface area contributed by atoms with E-state index in [0.717, 1.165) is 38.4 Å². The average molecular weight is 370 g/mol. The minimum Gasteiger partial charge on any atom is -0.379 e. The van der Waals surface area contributed by atoms with Crippen LogP contribution in [0, 0.1) is 5.82 Å². The van der Waals surface area contributed by atoms with E-state index in [2.05, 4.69) is 44.8 Å². The van der Waals surface area contributed by atoms with Gasteiger partial charge in [0.15, 0.2) is 5.96 Å². The van der Waals surface area contributed by atoms with Gasteiger partial charge in [0.1, 0.15) is 5.82 Å². The van der Waals surface area contributed by atoms with E-state index in [4.69, 9.17) is 4.74 Å². The van der Waals surface area contributed by atoms with Crippen molar-refractivity contribution in [3.8, 4) is 0 Å². The van der Waals surface area contributed by atoms with Gasteiger partial charge in [-0.15, -0.1) is 0 Å². The summed E-state index contributed by atoms with van der Waals surface area (Å²) < 4.78 is 18.7. The van der Waals surface area contributed by atoms with E-state index >= 15 is 0 Å². The Balaban J connectivity index is 1.49. The van der Waals surface area contributed by atoms with Gasteiger partial charge >= 0.3 is 0 Å². The predicted octanol–water partition coefficient (Wildman–Crippen LogP) is 2.52. The lowest BCUT2D eigenvalue weighted by molar-refractivity contribution is 0.0342. The maximum atomic E-state index is 13.3. The fourth-order valence-electron chi connectivity index (χ4n) is 3.09. The molecular weight excluding hydrogens is 343 g/mol. The third-order valence-electron chi connectivity index (χ3n) is 4.53. The summed E-state index contributed by atoms with van der Waals surface area (Å²) in [4.78, 5) is 6.65. The Labute approximate surface area is 160 Å². The van der Waals surface area contributed by atoms with Crippen LogP contribution in [0.3, 0.4) is 0 Å². The summed E-state index contributed by atoms with van der Waals surface area (Å²) in [6.07, 6.45) is 0. The summed E-state index contributed by atoms with van der Waals surface area (Å²) in [6.45, 7) is 5.75. The first-order valence-corrected chi connectivity index (χ1v) is 9.30. The van der Waals surface area contributed by atoms with Gasteiger partial charge in [0, 0.05) is 39.8 Å². The minimum absolute atomic E-state index is 0.227. The maximum Gasteiger partial charge on any atom is 0.191 e. The molecule has 2 aromatic rings. The smallest absolute Gasteiger partial charge is 0.191 e. The van der Waals surface area contributed by atoms with Crippen molar-refractivity contribution < 1.29 is 9.13 Å². The first-order valence-electron chi connectivity index (χ1n) is 9.30. The highest BCUT2D eigenvalue weighted by Crippen LogP contribution is 2.10. The largest absolute Gasteiger partial charge is 0.379 e. The van der Waals surface area contributed by atoms with Crippen LogP contribution in [0.2, 0.25) is 0 Å². The molecule has 1 aliphatic heterocycles. The second-order valence-electron chi connectivity index (χ2n) is 6.62. The number of hydrogen-bond acceptors (Lipinski definition) is 3. The molecule has 0 unspecified atom stereocenters. The molecule has 0 aromatic heterocycles. The van der Waals surface area contributed by atoms with Crippen LogP contribution in [0.4, 0.5) is 4.39 Å². The summed E-state index contributed by atoms with van der Waals surface area (Å²) in [6, 6.07) is 15.2. The van der Waals surface area contributed by atoms with Gasteiger partial charge < -0.3 is 15.4 Å². The van der Waals surface area contributed by atoms with Crippen LogP contribution in [0.15, 0.2) is 53.5 Å². The summed E-state index contributed by atoms with van der Waals surface area (Å²) in [5.41, 5.74) is 3.39. The highest BCUT2D eigenvalue weighted by molar-refractivity contribution is 5.79. The van der Waals surface area contributed by atoms with E-state index in [9.17, 15) is 4.39 Å². The molecule has 0 bridgehead atoms. The van der Waals surface area contributed by atoms with Crippen LogP contribution in [0.5, 0.6) is 0 Å². The lowest BCUT2D eigenvalue weighted by atomic mass is 10.1. The van der Waals surface area contributed by atoms with E-state index < -0.39 is 0 Å². The van der Waals surface area contributed by atoms with Crippen molar-refractivity contribution in [2.75, 3.05) is 33.4 Å². The molecule has 0 saturated carbocycles. The highest BCUT2D eigenvalue weighted by atomic mass is 19.1. The van der Waals surface area contributed by atoms with E-state index in [1.807, 2.05) is 6.07 Å². The second-order valence-corrected chi connectivity index (χ2v) is 6.62. The molecule has 2 N–H and O–H groups in total. The topological polar surface area (TPSA) is 48.9 Å². The fourth-order valence-corrected chi connectivity index (χ4v) is 3.09. The van der Waals surface area contributed by atoms with Crippen LogP contribution in [0.1, 0.15) is 16.7 Å². The van der Waals surface area contributed by atoms with Crippen molar-refractivity contribution in [3.63, 3.8) is 0 Å². The molecule has 6 heteroatoms. The Morgan fingerprint density at radius 1 is 1.00 bits per heavy atom. The van der Waals surface area contributed by atoms with Crippen molar-refractivity contribution in [1.29, 1.82) is 0 Å². The zero-order chi connectivity index (χ0) is 18.9. The van der Waals surface area contributed by atoms with E-state index in [1.165, 1.54) is 23.3 Å². The molecule has 3 rings (SSSR count). The lowest BCUT2D eigenvalue weighted by Crippen LogP contribution is -2.36. The quantitative estimate of drug-likeness (QED) is 0.606.